The van der Waals surface area contributed by atoms with E-state index in [2.05, 4.69) is 10.4 Å². The molecule has 9 heteroatoms. The SMILES string of the molecule is Cc1ccsc1CNc1cnn(-c2cccc(C(F)(F)F)c2)c(=O)c1Cl. The van der Waals surface area contributed by atoms with Crippen LogP contribution in [-0.2, 0) is 12.7 Å². The lowest BCUT2D eigenvalue weighted by Gasteiger charge is -2.12. The summed E-state index contributed by atoms with van der Waals surface area (Å²) in [5.41, 5.74) is -0.127. The van der Waals surface area contributed by atoms with Crippen LogP contribution < -0.4 is 10.9 Å². The molecule has 4 nitrogen and oxygen atoms in total. The zero-order valence-corrected chi connectivity index (χ0v) is 15.0. The fourth-order valence-corrected chi connectivity index (χ4v) is 3.36. The number of hydrogen-bond acceptors (Lipinski definition) is 4. The Morgan fingerprint density at radius 3 is 2.73 bits per heavy atom. The molecule has 0 aliphatic heterocycles. The average molecular weight is 400 g/mol. The lowest BCUT2D eigenvalue weighted by Crippen LogP contribution is -2.23. The van der Waals surface area contributed by atoms with Crippen molar-refractivity contribution in [3.05, 3.63) is 73.3 Å². The fourth-order valence-electron chi connectivity index (χ4n) is 2.31. The first kappa shape index (κ1) is 18.5. The monoisotopic (exact) mass is 399 g/mol. The maximum absolute atomic E-state index is 12.9. The number of hydrogen-bond donors (Lipinski definition) is 1. The number of alkyl halides is 3. The number of benzene rings is 1. The highest BCUT2D eigenvalue weighted by Gasteiger charge is 2.30. The van der Waals surface area contributed by atoms with Crippen molar-refractivity contribution in [2.75, 3.05) is 5.32 Å². The van der Waals surface area contributed by atoms with E-state index in [1.165, 1.54) is 18.3 Å². The van der Waals surface area contributed by atoms with Gasteiger partial charge < -0.3 is 5.32 Å². The summed E-state index contributed by atoms with van der Waals surface area (Å²) in [6, 6.07) is 6.34. The van der Waals surface area contributed by atoms with Gasteiger partial charge in [0.15, 0.2) is 0 Å². The maximum atomic E-state index is 12.9. The number of halogens is 4. The molecule has 0 amide bonds. The third kappa shape index (κ3) is 3.76. The van der Waals surface area contributed by atoms with Crippen LogP contribution in [0.4, 0.5) is 18.9 Å². The number of nitrogens with zero attached hydrogens (tertiary/aromatic N) is 2. The molecular formula is C17H13ClF3N3OS. The molecule has 2 heterocycles. The van der Waals surface area contributed by atoms with E-state index >= 15 is 0 Å². The van der Waals surface area contributed by atoms with Crippen molar-refractivity contribution in [2.24, 2.45) is 0 Å². The Balaban J connectivity index is 1.91. The molecule has 3 aromatic rings. The lowest BCUT2D eigenvalue weighted by atomic mass is 10.2. The fraction of sp³-hybridized carbons (Fsp3) is 0.176. The summed E-state index contributed by atoms with van der Waals surface area (Å²) in [6.45, 7) is 2.44. The molecule has 0 fully saturated rings. The van der Waals surface area contributed by atoms with Crippen LogP contribution >= 0.6 is 22.9 Å². The van der Waals surface area contributed by atoms with Gasteiger partial charge in [0, 0.05) is 11.4 Å². The smallest absolute Gasteiger partial charge is 0.377 e. The highest BCUT2D eigenvalue weighted by molar-refractivity contribution is 7.10. The molecule has 26 heavy (non-hydrogen) atoms. The second-order valence-corrected chi connectivity index (χ2v) is 6.90. The highest BCUT2D eigenvalue weighted by Crippen LogP contribution is 2.30. The Labute approximate surface area is 155 Å². The van der Waals surface area contributed by atoms with Crippen molar-refractivity contribution in [2.45, 2.75) is 19.6 Å². The van der Waals surface area contributed by atoms with Gasteiger partial charge in [-0.05, 0) is 42.1 Å². The number of nitrogens with one attached hydrogen (secondary N) is 1. The predicted octanol–water partition coefficient (Wildman–Crippen LogP) is 4.89. The van der Waals surface area contributed by atoms with Gasteiger partial charge in [-0.2, -0.15) is 23.0 Å². The zero-order chi connectivity index (χ0) is 18.9. The summed E-state index contributed by atoms with van der Waals surface area (Å²) in [5.74, 6) is 0. The van der Waals surface area contributed by atoms with Crippen LogP contribution in [0.15, 0.2) is 46.7 Å². The van der Waals surface area contributed by atoms with Gasteiger partial charge in [-0.3, -0.25) is 4.79 Å². The van der Waals surface area contributed by atoms with Crippen LogP contribution in [0.1, 0.15) is 16.0 Å². The van der Waals surface area contributed by atoms with Gasteiger partial charge in [-0.1, -0.05) is 17.7 Å². The largest absolute Gasteiger partial charge is 0.416 e. The first-order chi connectivity index (χ1) is 12.3. The van der Waals surface area contributed by atoms with Gasteiger partial charge in [-0.25, -0.2) is 0 Å². The van der Waals surface area contributed by atoms with Gasteiger partial charge in [0.05, 0.1) is 23.1 Å². The van der Waals surface area contributed by atoms with E-state index < -0.39 is 17.3 Å². The van der Waals surface area contributed by atoms with E-state index in [9.17, 15) is 18.0 Å². The first-order valence-corrected chi connectivity index (χ1v) is 8.75. The first-order valence-electron chi connectivity index (χ1n) is 7.49. The molecule has 0 aliphatic carbocycles. The summed E-state index contributed by atoms with van der Waals surface area (Å²) >= 11 is 7.67. The number of aryl methyl sites for hydroxylation is 1. The predicted molar refractivity (Wildman–Crippen MR) is 96.2 cm³/mol. The van der Waals surface area contributed by atoms with Crippen molar-refractivity contribution in [1.82, 2.24) is 9.78 Å². The molecule has 3 rings (SSSR count). The van der Waals surface area contributed by atoms with Crippen LogP contribution in [0.3, 0.4) is 0 Å². The molecule has 0 radical (unpaired) electrons. The Morgan fingerprint density at radius 1 is 1.31 bits per heavy atom. The Bertz CT molecular complexity index is 997. The highest BCUT2D eigenvalue weighted by atomic mass is 35.5. The minimum Gasteiger partial charge on any atom is -0.377 e. The number of anilines is 1. The molecule has 136 valence electrons. The molecule has 1 aromatic carbocycles. The molecule has 0 unspecified atom stereocenters. The Morgan fingerprint density at radius 2 is 2.08 bits per heavy atom. The minimum atomic E-state index is -4.51. The van der Waals surface area contributed by atoms with Crippen LogP contribution in [0.25, 0.3) is 5.69 Å². The van der Waals surface area contributed by atoms with Crippen molar-refractivity contribution in [1.29, 1.82) is 0 Å². The van der Waals surface area contributed by atoms with Crippen LogP contribution in [-0.4, -0.2) is 9.78 Å². The second kappa shape index (κ2) is 7.13. The third-order valence-corrected chi connectivity index (χ3v) is 5.13. The molecule has 0 spiro atoms. The van der Waals surface area contributed by atoms with Gasteiger partial charge in [0.25, 0.3) is 5.56 Å². The topological polar surface area (TPSA) is 46.9 Å². The van der Waals surface area contributed by atoms with Crippen LogP contribution in [0.5, 0.6) is 0 Å². The minimum absolute atomic E-state index is 0.00706. The molecule has 2 aromatic heterocycles. The van der Waals surface area contributed by atoms with E-state index in [0.29, 0.717) is 12.2 Å². The summed E-state index contributed by atoms with van der Waals surface area (Å²) < 4.78 is 39.4. The Hall–Kier alpha value is -2.32. The number of thiophene rings is 1. The average Bonchev–Trinajstić information content (AvgIpc) is 3.01. The van der Waals surface area contributed by atoms with E-state index in [4.69, 9.17) is 11.6 Å². The van der Waals surface area contributed by atoms with Crippen LogP contribution in [0, 0.1) is 6.92 Å². The standard InChI is InChI=1S/C17H13ClF3N3OS/c1-10-5-6-26-14(10)9-22-13-8-23-24(16(25)15(13)18)12-4-2-3-11(7-12)17(19,20)21/h2-8,22H,9H2,1H3. The summed E-state index contributed by atoms with van der Waals surface area (Å²) in [5, 5.41) is 8.81. The maximum Gasteiger partial charge on any atom is 0.416 e. The zero-order valence-electron chi connectivity index (χ0n) is 13.5. The normalized spacial score (nSPS) is 11.6. The molecule has 0 aliphatic rings. The molecular weight excluding hydrogens is 387 g/mol. The number of aromatic nitrogens is 2. The van der Waals surface area contributed by atoms with Gasteiger partial charge in [0.1, 0.15) is 5.02 Å². The van der Waals surface area contributed by atoms with E-state index in [0.717, 1.165) is 27.3 Å². The van der Waals surface area contributed by atoms with E-state index in [-0.39, 0.29) is 10.7 Å². The van der Waals surface area contributed by atoms with Crippen LogP contribution in [0.2, 0.25) is 5.02 Å². The van der Waals surface area contributed by atoms with Crippen molar-refractivity contribution >= 4 is 28.6 Å². The summed E-state index contributed by atoms with van der Waals surface area (Å²) in [6.07, 6.45) is -3.18. The second-order valence-electron chi connectivity index (χ2n) is 5.52. The van der Waals surface area contributed by atoms with Gasteiger partial charge in [0.2, 0.25) is 0 Å². The van der Waals surface area contributed by atoms with E-state index in [1.807, 2.05) is 18.4 Å². The van der Waals surface area contributed by atoms with Gasteiger partial charge >= 0.3 is 6.18 Å². The molecule has 0 atom stereocenters. The van der Waals surface area contributed by atoms with E-state index in [1.54, 1.807) is 11.3 Å². The lowest BCUT2D eigenvalue weighted by molar-refractivity contribution is -0.137. The Kier molecular flexibility index (Phi) is 5.06. The quantitative estimate of drug-likeness (QED) is 0.679. The number of rotatable bonds is 4. The molecule has 0 saturated heterocycles. The van der Waals surface area contributed by atoms with Gasteiger partial charge in [-0.15, -0.1) is 11.3 Å². The van der Waals surface area contributed by atoms with Crippen molar-refractivity contribution < 1.29 is 13.2 Å². The molecule has 0 saturated carbocycles. The van der Waals surface area contributed by atoms with Crippen molar-refractivity contribution in [3.8, 4) is 5.69 Å². The van der Waals surface area contributed by atoms with Crippen molar-refractivity contribution in [3.63, 3.8) is 0 Å². The third-order valence-electron chi connectivity index (χ3n) is 3.74. The summed E-state index contributed by atoms with van der Waals surface area (Å²) in [4.78, 5) is 13.5. The molecule has 0 bridgehead atoms. The molecule has 1 N–H and O–H groups in total. The summed E-state index contributed by atoms with van der Waals surface area (Å²) in [7, 11) is 0.